The molecule has 11 heteroatoms. The Morgan fingerprint density at radius 2 is 1.46 bits per heavy atom. The number of aliphatic hydroxyl groups is 3. The number of H-pyrrole nitrogens is 4. The monoisotopic (exact) mass is 364 g/mol. The molecule has 2 aromatic heterocycles. The van der Waals surface area contributed by atoms with E-state index in [4.69, 9.17) is 15.3 Å². The molecule has 0 aliphatic heterocycles. The Bertz CT molecular complexity index is 1050. The molecule has 2 heterocycles. The van der Waals surface area contributed by atoms with Crippen molar-refractivity contribution in [3.8, 4) is 0 Å². The number of hydrogen-bond acceptors (Lipinski definition) is 7. The lowest BCUT2D eigenvalue weighted by molar-refractivity contribution is -0.313. The van der Waals surface area contributed by atoms with Crippen LogP contribution in [-0.4, -0.2) is 47.0 Å². The molecule has 0 fully saturated rings. The number of Topliss-reactive ketones (excluding diaryl/α,β-unsaturated/α-hetero) is 1. The van der Waals surface area contributed by atoms with Crippen molar-refractivity contribution in [1.29, 1.82) is 0 Å². The molecular weight excluding hydrogens is 348 g/mol. The van der Waals surface area contributed by atoms with Gasteiger partial charge in [-0.2, -0.15) is 0 Å². The Balaban J connectivity index is 0.000000189. The molecule has 3 aromatic rings. The Hall–Kier alpha value is -3.28. The number of hydrogen-bond donors (Lipinski definition) is 7. The van der Waals surface area contributed by atoms with Crippen LogP contribution in [-0.2, 0) is 0 Å². The molecule has 138 valence electrons. The first-order valence-corrected chi connectivity index (χ1v) is 7.36. The molecule has 0 saturated carbocycles. The van der Waals surface area contributed by atoms with E-state index in [1.807, 2.05) is 4.98 Å². The van der Waals surface area contributed by atoms with Crippen molar-refractivity contribution < 1.29 is 20.1 Å². The predicted octanol–water partition coefficient (Wildman–Crippen LogP) is -1.49. The van der Waals surface area contributed by atoms with Crippen LogP contribution < -0.4 is 16.9 Å². The smallest absolute Gasteiger partial charge is 0.327 e. The first kappa shape index (κ1) is 19.1. The van der Waals surface area contributed by atoms with Gasteiger partial charge < -0.3 is 15.3 Å². The Labute approximate surface area is 144 Å². The van der Waals surface area contributed by atoms with Crippen LogP contribution in [0, 0.1) is 0 Å². The van der Waals surface area contributed by atoms with E-state index in [2.05, 4.69) is 15.0 Å². The summed E-state index contributed by atoms with van der Waals surface area (Å²) in [6, 6.07) is 8.49. The lowest BCUT2D eigenvalue weighted by Crippen LogP contribution is -2.27. The average Bonchev–Trinajstić information content (AvgIpc) is 2.94. The van der Waals surface area contributed by atoms with Gasteiger partial charge in [-0.25, -0.2) is 9.59 Å². The molecule has 0 spiro atoms. The average molecular weight is 364 g/mol. The molecule has 0 amide bonds. The summed E-state index contributed by atoms with van der Waals surface area (Å²) in [4.78, 5) is 52.3. The van der Waals surface area contributed by atoms with Gasteiger partial charge in [-0.1, -0.05) is 30.3 Å². The highest BCUT2D eigenvalue weighted by atomic mass is 16.7. The van der Waals surface area contributed by atoms with Gasteiger partial charge in [0.1, 0.15) is 11.2 Å². The van der Waals surface area contributed by atoms with Gasteiger partial charge in [0.15, 0.2) is 5.78 Å². The van der Waals surface area contributed by atoms with E-state index in [1.165, 1.54) is 0 Å². The lowest BCUT2D eigenvalue weighted by atomic mass is 10.1. The number of fused-ring (bicyclic) bond motifs is 1. The fourth-order valence-electron chi connectivity index (χ4n) is 2.01. The van der Waals surface area contributed by atoms with Gasteiger partial charge >= 0.3 is 11.4 Å². The van der Waals surface area contributed by atoms with Crippen LogP contribution in [0.1, 0.15) is 23.2 Å². The highest BCUT2D eigenvalue weighted by molar-refractivity contribution is 5.95. The van der Waals surface area contributed by atoms with Crippen LogP contribution in [0.15, 0.2) is 44.7 Å². The largest absolute Gasteiger partial charge is 0.344 e. The van der Waals surface area contributed by atoms with Gasteiger partial charge in [0.25, 0.3) is 11.5 Å². The van der Waals surface area contributed by atoms with Crippen molar-refractivity contribution in [3.05, 3.63) is 67.2 Å². The van der Waals surface area contributed by atoms with Crippen LogP contribution in [0.25, 0.3) is 11.2 Å². The molecule has 26 heavy (non-hydrogen) atoms. The molecule has 0 radical (unpaired) electrons. The summed E-state index contributed by atoms with van der Waals surface area (Å²) in [6.45, 7) is 0. The fourth-order valence-corrected chi connectivity index (χ4v) is 2.01. The minimum Gasteiger partial charge on any atom is -0.344 e. The minimum absolute atomic E-state index is 0.0413. The lowest BCUT2D eigenvalue weighted by Gasteiger charge is -2.12. The van der Waals surface area contributed by atoms with Crippen LogP contribution in [0.2, 0.25) is 0 Å². The van der Waals surface area contributed by atoms with Crippen molar-refractivity contribution in [2.24, 2.45) is 0 Å². The van der Waals surface area contributed by atoms with Gasteiger partial charge in [-0.15, -0.1) is 0 Å². The van der Waals surface area contributed by atoms with E-state index in [9.17, 15) is 19.2 Å². The van der Waals surface area contributed by atoms with E-state index in [1.54, 1.807) is 30.3 Å². The van der Waals surface area contributed by atoms with Crippen molar-refractivity contribution in [3.63, 3.8) is 0 Å². The summed E-state index contributed by atoms with van der Waals surface area (Å²) in [5, 5.41) is 25.7. The maximum absolute atomic E-state index is 11.4. The summed E-state index contributed by atoms with van der Waals surface area (Å²) >= 11 is 0. The number of aromatic amines is 4. The number of carbonyl (C=O) groups is 1. The summed E-state index contributed by atoms with van der Waals surface area (Å²) in [7, 11) is 0. The number of imidazole rings is 1. The molecule has 0 bridgehead atoms. The molecule has 1 aromatic carbocycles. The number of rotatable bonds is 4. The zero-order valence-electron chi connectivity index (χ0n) is 13.3. The molecule has 0 aliphatic carbocycles. The van der Waals surface area contributed by atoms with Gasteiger partial charge in [0.05, 0.1) is 0 Å². The Morgan fingerprint density at radius 3 is 2.04 bits per heavy atom. The number of aromatic nitrogens is 4. The fraction of sp³-hybridized carbons (Fsp3) is 0.200. The van der Waals surface area contributed by atoms with Gasteiger partial charge in [-0.3, -0.25) is 29.5 Å². The normalized spacial score (nSPS) is 11.0. The van der Waals surface area contributed by atoms with Gasteiger partial charge in [-0.05, 0) is 0 Å². The van der Waals surface area contributed by atoms with Crippen LogP contribution in [0.3, 0.4) is 0 Å². The molecule has 0 aliphatic rings. The number of ketones is 1. The third-order valence-corrected chi connectivity index (χ3v) is 3.20. The van der Waals surface area contributed by atoms with E-state index in [0.717, 1.165) is 0 Å². The van der Waals surface area contributed by atoms with Gasteiger partial charge in [0, 0.05) is 18.4 Å². The standard InChI is InChI=1S/C10H12O4.C5H4N4O3/c11-9(6-7-10(12,13)14)8-4-2-1-3-5-8;10-3-1-2(7-4(11)6-1)8-5(12)9-3/h1-5,12-14H,6-7H2;(H4,6,7,8,9,10,11,12). The second-order valence-corrected chi connectivity index (χ2v) is 5.30. The SMILES string of the molecule is O=C(CCC(O)(O)O)c1ccccc1.O=c1[nH]c(=O)c2[nH]c(=O)[nH]c2[nH]1. The first-order valence-electron chi connectivity index (χ1n) is 7.36. The van der Waals surface area contributed by atoms with Crippen molar-refractivity contribution in [1.82, 2.24) is 19.9 Å². The highest BCUT2D eigenvalue weighted by Crippen LogP contribution is 2.09. The molecular formula is C15H16N4O7. The zero-order valence-corrected chi connectivity index (χ0v) is 13.3. The second-order valence-electron chi connectivity index (χ2n) is 5.30. The predicted molar refractivity (Wildman–Crippen MR) is 89.6 cm³/mol. The topological polar surface area (TPSA) is 192 Å². The molecule has 0 atom stereocenters. The minimum atomic E-state index is -2.76. The molecule has 7 N–H and O–H groups in total. The van der Waals surface area contributed by atoms with Crippen molar-refractivity contribution in [2.45, 2.75) is 18.8 Å². The Morgan fingerprint density at radius 1 is 0.885 bits per heavy atom. The first-order chi connectivity index (χ1) is 12.2. The van der Waals surface area contributed by atoms with Gasteiger partial charge in [0.2, 0.25) is 0 Å². The number of benzene rings is 1. The molecule has 0 saturated heterocycles. The van der Waals surface area contributed by atoms with E-state index in [0.29, 0.717) is 5.56 Å². The van der Waals surface area contributed by atoms with Crippen LogP contribution in [0.4, 0.5) is 0 Å². The van der Waals surface area contributed by atoms with E-state index < -0.39 is 22.9 Å². The summed E-state index contributed by atoms with van der Waals surface area (Å²) in [5.74, 6) is -2.99. The second kappa shape index (κ2) is 7.74. The van der Waals surface area contributed by atoms with E-state index in [-0.39, 0.29) is 29.8 Å². The summed E-state index contributed by atoms with van der Waals surface area (Å²) in [6.07, 6.45) is -0.492. The number of carbonyl (C=O) groups excluding carboxylic acids is 1. The van der Waals surface area contributed by atoms with Crippen LogP contribution >= 0.6 is 0 Å². The third kappa shape index (κ3) is 5.37. The van der Waals surface area contributed by atoms with Crippen LogP contribution in [0.5, 0.6) is 0 Å². The summed E-state index contributed by atoms with van der Waals surface area (Å²) < 4.78 is 0. The third-order valence-electron chi connectivity index (χ3n) is 3.20. The quantitative estimate of drug-likeness (QED) is 0.216. The zero-order chi connectivity index (χ0) is 19.3. The van der Waals surface area contributed by atoms with E-state index >= 15 is 0 Å². The Kier molecular flexibility index (Phi) is 5.67. The molecule has 11 nitrogen and oxygen atoms in total. The summed E-state index contributed by atoms with van der Waals surface area (Å²) in [5.41, 5.74) is -1.16. The molecule has 0 unspecified atom stereocenters. The molecule has 3 rings (SSSR count). The van der Waals surface area contributed by atoms with Crippen molar-refractivity contribution >= 4 is 16.9 Å². The maximum Gasteiger partial charge on any atom is 0.327 e. The van der Waals surface area contributed by atoms with Crippen molar-refractivity contribution in [2.75, 3.05) is 0 Å². The number of nitrogens with one attached hydrogen (secondary N) is 4. The highest BCUT2D eigenvalue weighted by Gasteiger charge is 2.19. The maximum atomic E-state index is 11.4.